The van der Waals surface area contributed by atoms with Crippen molar-refractivity contribution >= 4 is 11.6 Å². The molecule has 0 aliphatic carbocycles. The van der Waals surface area contributed by atoms with E-state index in [1.54, 1.807) is 24.1 Å². The maximum atomic E-state index is 5.87. The molecule has 0 saturated heterocycles. The molecule has 1 aromatic carbocycles. The summed E-state index contributed by atoms with van der Waals surface area (Å²) in [5.41, 5.74) is 2.26. The number of hydrogen-bond donors (Lipinski definition) is 0. The highest BCUT2D eigenvalue weighted by atomic mass is 35.5. The Labute approximate surface area is 120 Å². The Bertz CT molecular complexity index is 724. The zero-order chi connectivity index (χ0) is 13.9. The Kier molecular flexibility index (Phi) is 3.35. The summed E-state index contributed by atoms with van der Waals surface area (Å²) in [6.07, 6.45) is 1.81. The fourth-order valence-electron chi connectivity index (χ4n) is 1.79. The van der Waals surface area contributed by atoms with Crippen LogP contribution in [0.5, 0.6) is 5.75 Å². The van der Waals surface area contributed by atoms with Crippen LogP contribution in [0.15, 0.2) is 48.7 Å². The Morgan fingerprint density at radius 1 is 1.05 bits per heavy atom. The molecule has 100 valence electrons. The van der Waals surface area contributed by atoms with Gasteiger partial charge in [-0.1, -0.05) is 22.9 Å². The smallest absolute Gasteiger partial charge is 0.131 e. The van der Waals surface area contributed by atoms with Crippen molar-refractivity contribution in [3.05, 3.63) is 53.8 Å². The van der Waals surface area contributed by atoms with Gasteiger partial charge in [0.1, 0.15) is 16.6 Å². The molecular formula is C14H11ClN4O. The molecule has 0 radical (unpaired) electrons. The molecule has 3 aromatic rings. The second-order valence-electron chi connectivity index (χ2n) is 4.09. The molecule has 2 heterocycles. The first-order valence-corrected chi connectivity index (χ1v) is 6.34. The first-order chi connectivity index (χ1) is 9.76. The lowest BCUT2D eigenvalue weighted by Crippen LogP contribution is -1.94. The first kappa shape index (κ1) is 12.6. The topological polar surface area (TPSA) is 52.8 Å². The van der Waals surface area contributed by atoms with Crippen molar-refractivity contribution in [2.75, 3.05) is 7.11 Å². The summed E-state index contributed by atoms with van der Waals surface area (Å²) in [5, 5.41) is 8.63. The molecule has 0 unspecified atom stereocenters. The highest BCUT2D eigenvalue weighted by molar-refractivity contribution is 6.29. The number of benzene rings is 1. The number of methoxy groups -OCH3 is 1. The summed E-state index contributed by atoms with van der Waals surface area (Å²) in [5.74, 6) is 0.797. The summed E-state index contributed by atoms with van der Waals surface area (Å²) in [6, 6.07) is 12.9. The van der Waals surface area contributed by atoms with Gasteiger partial charge < -0.3 is 4.74 Å². The van der Waals surface area contributed by atoms with Crippen molar-refractivity contribution in [3.8, 4) is 22.8 Å². The minimum Gasteiger partial charge on any atom is -0.497 e. The summed E-state index contributed by atoms with van der Waals surface area (Å²) < 4.78 is 6.80. The molecule has 0 spiro atoms. The third-order valence-corrected chi connectivity index (χ3v) is 3.02. The van der Waals surface area contributed by atoms with E-state index in [2.05, 4.69) is 15.3 Å². The molecule has 0 N–H and O–H groups in total. The van der Waals surface area contributed by atoms with Crippen molar-refractivity contribution in [2.45, 2.75) is 0 Å². The summed E-state index contributed by atoms with van der Waals surface area (Å²) in [4.78, 5) is 4.21. The van der Waals surface area contributed by atoms with Crippen molar-refractivity contribution in [1.29, 1.82) is 0 Å². The maximum Gasteiger partial charge on any atom is 0.131 e. The normalized spacial score (nSPS) is 10.5. The van der Waals surface area contributed by atoms with Crippen LogP contribution in [-0.4, -0.2) is 27.1 Å². The second kappa shape index (κ2) is 5.30. The lowest BCUT2D eigenvalue weighted by molar-refractivity contribution is 0.414. The van der Waals surface area contributed by atoms with E-state index in [-0.39, 0.29) is 0 Å². The van der Waals surface area contributed by atoms with Crippen LogP contribution < -0.4 is 4.74 Å². The number of halogens is 1. The molecule has 0 bridgehead atoms. The quantitative estimate of drug-likeness (QED) is 0.695. The van der Waals surface area contributed by atoms with E-state index in [1.165, 1.54) is 0 Å². The average molecular weight is 287 g/mol. The van der Waals surface area contributed by atoms with Gasteiger partial charge in [0.05, 0.1) is 24.7 Å². The van der Waals surface area contributed by atoms with Gasteiger partial charge in [0.15, 0.2) is 0 Å². The van der Waals surface area contributed by atoms with Crippen LogP contribution >= 0.6 is 11.6 Å². The summed E-state index contributed by atoms with van der Waals surface area (Å²) in [6.45, 7) is 0. The lowest BCUT2D eigenvalue weighted by Gasteiger charge is -2.02. The van der Waals surface area contributed by atoms with Gasteiger partial charge in [-0.3, -0.25) is 0 Å². The molecule has 0 atom stereocenters. The molecule has 6 heteroatoms. The zero-order valence-corrected chi connectivity index (χ0v) is 11.4. The van der Waals surface area contributed by atoms with Crippen LogP contribution in [-0.2, 0) is 0 Å². The van der Waals surface area contributed by atoms with Crippen LogP contribution in [0, 0.1) is 0 Å². The Hall–Kier alpha value is -2.40. The fourth-order valence-corrected chi connectivity index (χ4v) is 1.96. The van der Waals surface area contributed by atoms with Crippen molar-refractivity contribution in [3.63, 3.8) is 0 Å². The van der Waals surface area contributed by atoms with Crippen molar-refractivity contribution < 1.29 is 4.74 Å². The molecule has 2 aromatic heterocycles. The molecule has 0 saturated carbocycles. The average Bonchev–Trinajstić information content (AvgIpc) is 2.97. The number of pyridine rings is 1. The Balaban J connectivity index is 1.93. The van der Waals surface area contributed by atoms with Gasteiger partial charge in [-0.15, -0.1) is 5.10 Å². The third kappa shape index (κ3) is 2.48. The van der Waals surface area contributed by atoms with E-state index in [9.17, 15) is 0 Å². The molecule has 0 amide bonds. The minimum atomic E-state index is 0.432. The monoisotopic (exact) mass is 286 g/mol. The second-order valence-corrected chi connectivity index (χ2v) is 4.48. The van der Waals surface area contributed by atoms with E-state index >= 15 is 0 Å². The van der Waals surface area contributed by atoms with Gasteiger partial charge in [-0.25, -0.2) is 9.67 Å². The van der Waals surface area contributed by atoms with E-state index in [4.69, 9.17) is 16.3 Å². The van der Waals surface area contributed by atoms with E-state index in [0.717, 1.165) is 11.4 Å². The molecule has 3 rings (SSSR count). The first-order valence-electron chi connectivity index (χ1n) is 5.96. The molecule has 0 fully saturated rings. The molecule has 0 aliphatic heterocycles. The van der Waals surface area contributed by atoms with Crippen LogP contribution in [0.2, 0.25) is 5.15 Å². The lowest BCUT2D eigenvalue weighted by atomic mass is 10.3. The fraction of sp³-hybridized carbons (Fsp3) is 0.0714. The number of ether oxygens (including phenoxy) is 1. The van der Waals surface area contributed by atoms with Gasteiger partial charge >= 0.3 is 0 Å². The number of hydrogen-bond acceptors (Lipinski definition) is 4. The van der Waals surface area contributed by atoms with Gasteiger partial charge in [-0.2, -0.15) is 0 Å². The third-order valence-electron chi connectivity index (χ3n) is 2.81. The van der Waals surface area contributed by atoms with E-state index in [1.807, 2.05) is 36.4 Å². The summed E-state index contributed by atoms with van der Waals surface area (Å²) >= 11 is 5.87. The van der Waals surface area contributed by atoms with Gasteiger partial charge in [-0.05, 0) is 36.4 Å². The standard InChI is InChI=1S/C14H11ClN4O/c1-20-11-7-5-10(6-8-11)19-9-13(17-18-19)12-3-2-4-14(15)16-12/h2-9H,1H3. The molecule has 5 nitrogen and oxygen atoms in total. The highest BCUT2D eigenvalue weighted by Gasteiger charge is 2.07. The van der Waals surface area contributed by atoms with Crippen molar-refractivity contribution in [2.24, 2.45) is 0 Å². The SMILES string of the molecule is COc1ccc(-n2cc(-c3cccc(Cl)n3)nn2)cc1. The summed E-state index contributed by atoms with van der Waals surface area (Å²) in [7, 11) is 1.63. The minimum absolute atomic E-state index is 0.432. The van der Waals surface area contributed by atoms with E-state index in [0.29, 0.717) is 16.5 Å². The number of aromatic nitrogens is 4. The van der Waals surface area contributed by atoms with Gasteiger partial charge in [0, 0.05) is 0 Å². The number of rotatable bonds is 3. The molecular weight excluding hydrogens is 276 g/mol. The highest BCUT2D eigenvalue weighted by Crippen LogP contribution is 2.19. The van der Waals surface area contributed by atoms with Gasteiger partial charge in [0.2, 0.25) is 0 Å². The van der Waals surface area contributed by atoms with Crippen molar-refractivity contribution in [1.82, 2.24) is 20.0 Å². The Morgan fingerprint density at radius 3 is 2.55 bits per heavy atom. The molecule has 0 aliphatic rings. The van der Waals surface area contributed by atoms with Crippen LogP contribution in [0.3, 0.4) is 0 Å². The Morgan fingerprint density at radius 2 is 1.85 bits per heavy atom. The van der Waals surface area contributed by atoms with Crippen LogP contribution in [0.4, 0.5) is 0 Å². The maximum absolute atomic E-state index is 5.87. The largest absolute Gasteiger partial charge is 0.497 e. The van der Waals surface area contributed by atoms with Crippen LogP contribution in [0.1, 0.15) is 0 Å². The molecule has 20 heavy (non-hydrogen) atoms. The van der Waals surface area contributed by atoms with E-state index < -0.39 is 0 Å². The van der Waals surface area contributed by atoms with Crippen LogP contribution in [0.25, 0.3) is 17.1 Å². The zero-order valence-electron chi connectivity index (χ0n) is 10.7. The predicted molar refractivity (Wildman–Crippen MR) is 76.2 cm³/mol. The number of nitrogens with zero attached hydrogens (tertiary/aromatic N) is 4. The predicted octanol–water partition coefficient (Wildman–Crippen LogP) is 2.99. The van der Waals surface area contributed by atoms with Gasteiger partial charge in [0.25, 0.3) is 0 Å².